The van der Waals surface area contributed by atoms with Crippen molar-refractivity contribution >= 4 is 17.6 Å². The van der Waals surface area contributed by atoms with Crippen molar-refractivity contribution in [3.05, 3.63) is 23.8 Å². The van der Waals surface area contributed by atoms with E-state index in [0.717, 1.165) is 25.3 Å². The first-order valence-electron chi connectivity index (χ1n) is 6.91. The lowest BCUT2D eigenvalue weighted by atomic mass is 9.88. The number of carbonyl (C=O) groups is 2. The molecule has 0 radical (unpaired) electrons. The molecule has 3 rings (SSSR count). The molecular formula is C15H17NO4. The Balaban J connectivity index is 1.71. The average Bonchev–Trinajstić information content (AvgIpc) is 3.03. The molecule has 1 aromatic rings. The van der Waals surface area contributed by atoms with Crippen LogP contribution in [-0.2, 0) is 4.79 Å². The van der Waals surface area contributed by atoms with E-state index in [0.29, 0.717) is 11.8 Å². The molecule has 106 valence electrons. The number of aromatic carboxylic acids is 1. The van der Waals surface area contributed by atoms with Gasteiger partial charge in [-0.3, -0.25) is 4.79 Å². The monoisotopic (exact) mass is 275 g/mol. The number of benzene rings is 1. The maximum Gasteiger partial charge on any atom is 0.335 e. The Morgan fingerprint density at radius 2 is 2.00 bits per heavy atom. The van der Waals surface area contributed by atoms with Gasteiger partial charge >= 0.3 is 5.97 Å². The van der Waals surface area contributed by atoms with E-state index in [1.54, 1.807) is 0 Å². The highest BCUT2D eigenvalue weighted by atomic mass is 16.4. The number of carboxylic acids is 1. The summed E-state index contributed by atoms with van der Waals surface area (Å²) >= 11 is 0. The molecule has 0 spiro atoms. The van der Waals surface area contributed by atoms with Gasteiger partial charge in [0.2, 0.25) is 5.91 Å². The molecule has 5 nitrogen and oxygen atoms in total. The number of carboxylic acid groups (broad SMARTS) is 1. The Labute approximate surface area is 116 Å². The molecule has 3 unspecified atom stereocenters. The highest BCUT2D eigenvalue weighted by Crippen LogP contribution is 2.48. The largest absolute Gasteiger partial charge is 0.506 e. The zero-order valence-corrected chi connectivity index (χ0v) is 11.0. The lowest BCUT2D eigenvalue weighted by Crippen LogP contribution is -2.27. The van der Waals surface area contributed by atoms with Gasteiger partial charge in [-0.25, -0.2) is 4.79 Å². The van der Waals surface area contributed by atoms with Gasteiger partial charge in [0.1, 0.15) is 5.75 Å². The minimum atomic E-state index is -1.11. The zero-order valence-electron chi connectivity index (χ0n) is 11.0. The van der Waals surface area contributed by atoms with E-state index >= 15 is 0 Å². The van der Waals surface area contributed by atoms with Crippen molar-refractivity contribution in [2.24, 2.45) is 17.8 Å². The minimum Gasteiger partial charge on any atom is -0.506 e. The first kappa shape index (κ1) is 13.0. The Morgan fingerprint density at radius 3 is 2.55 bits per heavy atom. The van der Waals surface area contributed by atoms with Crippen LogP contribution in [0.5, 0.6) is 5.75 Å². The molecule has 0 aromatic heterocycles. The Kier molecular flexibility index (Phi) is 3.12. The fourth-order valence-corrected chi connectivity index (χ4v) is 3.56. The second-order valence-electron chi connectivity index (χ2n) is 5.81. The fraction of sp³-hybridized carbons (Fsp3) is 0.467. The summed E-state index contributed by atoms with van der Waals surface area (Å²) in [7, 11) is 0. The van der Waals surface area contributed by atoms with Gasteiger partial charge in [-0.2, -0.15) is 0 Å². The fourth-order valence-electron chi connectivity index (χ4n) is 3.56. The van der Waals surface area contributed by atoms with E-state index < -0.39 is 5.97 Å². The molecule has 1 amide bonds. The number of hydrogen-bond acceptors (Lipinski definition) is 3. The number of anilines is 1. The Hall–Kier alpha value is -2.04. The molecule has 0 saturated heterocycles. The van der Waals surface area contributed by atoms with Crippen molar-refractivity contribution in [1.29, 1.82) is 0 Å². The van der Waals surface area contributed by atoms with Crippen molar-refractivity contribution in [1.82, 2.24) is 0 Å². The number of aromatic hydroxyl groups is 1. The molecule has 20 heavy (non-hydrogen) atoms. The lowest BCUT2D eigenvalue weighted by Gasteiger charge is -2.21. The van der Waals surface area contributed by atoms with E-state index in [2.05, 4.69) is 5.32 Å². The number of amides is 1. The minimum absolute atomic E-state index is 0.000391. The van der Waals surface area contributed by atoms with Crippen LogP contribution in [-0.4, -0.2) is 22.1 Å². The quantitative estimate of drug-likeness (QED) is 0.739. The summed E-state index contributed by atoms with van der Waals surface area (Å²) in [5, 5.41) is 21.3. The summed E-state index contributed by atoms with van der Waals surface area (Å²) < 4.78 is 0. The van der Waals surface area contributed by atoms with Crippen LogP contribution < -0.4 is 5.32 Å². The number of phenolic OH excluding ortho intramolecular Hbond substituents is 1. The van der Waals surface area contributed by atoms with Crippen LogP contribution in [0, 0.1) is 17.8 Å². The van der Waals surface area contributed by atoms with Gasteiger partial charge in [0.25, 0.3) is 0 Å². The molecule has 2 aliphatic rings. The highest BCUT2D eigenvalue weighted by Gasteiger charge is 2.43. The normalized spacial score (nSPS) is 27.5. The summed E-state index contributed by atoms with van der Waals surface area (Å²) in [6.07, 6.45) is 4.42. The summed E-state index contributed by atoms with van der Waals surface area (Å²) in [6.45, 7) is 0. The number of nitrogens with one attached hydrogen (secondary N) is 1. The van der Waals surface area contributed by atoms with Crippen LogP contribution in [0.1, 0.15) is 36.0 Å². The molecule has 0 aliphatic heterocycles. The first-order valence-corrected chi connectivity index (χ1v) is 6.91. The van der Waals surface area contributed by atoms with E-state index in [1.165, 1.54) is 18.6 Å². The second-order valence-corrected chi connectivity index (χ2v) is 5.81. The van der Waals surface area contributed by atoms with Crippen LogP contribution in [0.25, 0.3) is 0 Å². The van der Waals surface area contributed by atoms with Gasteiger partial charge in [-0.1, -0.05) is 6.42 Å². The third-order valence-corrected chi connectivity index (χ3v) is 4.58. The second kappa shape index (κ2) is 4.81. The van der Waals surface area contributed by atoms with Crippen LogP contribution in [0.15, 0.2) is 18.2 Å². The SMILES string of the molecule is O=C(O)c1ccc(NC(=O)C2CC3CCC2C3)c(O)c1. The van der Waals surface area contributed by atoms with Crippen molar-refractivity contribution < 1.29 is 19.8 Å². The summed E-state index contributed by atoms with van der Waals surface area (Å²) in [5.74, 6) is -0.185. The van der Waals surface area contributed by atoms with E-state index in [9.17, 15) is 14.7 Å². The first-order chi connectivity index (χ1) is 9.54. The van der Waals surface area contributed by atoms with Crippen molar-refractivity contribution in [2.75, 3.05) is 5.32 Å². The topological polar surface area (TPSA) is 86.6 Å². The highest BCUT2D eigenvalue weighted by molar-refractivity contribution is 5.96. The predicted molar refractivity (Wildman–Crippen MR) is 72.6 cm³/mol. The lowest BCUT2D eigenvalue weighted by molar-refractivity contribution is -0.121. The van der Waals surface area contributed by atoms with E-state index in [1.807, 2.05) is 0 Å². The number of fused-ring (bicyclic) bond motifs is 2. The molecular weight excluding hydrogens is 258 g/mol. The molecule has 2 bridgehead atoms. The number of phenols is 1. The molecule has 2 fully saturated rings. The number of rotatable bonds is 3. The summed E-state index contributed by atoms with van der Waals surface area (Å²) in [6, 6.07) is 3.96. The standard InChI is InChI=1S/C15H17NO4/c17-13-7-10(15(19)20)3-4-12(13)16-14(18)11-6-8-1-2-9(11)5-8/h3-4,7-9,11,17H,1-2,5-6H2,(H,16,18)(H,19,20). The third-order valence-electron chi connectivity index (χ3n) is 4.58. The maximum absolute atomic E-state index is 12.2. The van der Waals surface area contributed by atoms with Gasteiger partial charge < -0.3 is 15.5 Å². The smallest absolute Gasteiger partial charge is 0.335 e. The number of hydrogen-bond donors (Lipinski definition) is 3. The van der Waals surface area contributed by atoms with Gasteiger partial charge in [-0.05, 0) is 49.3 Å². The predicted octanol–water partition coefficient (Wildman–Crippen LogP) is 2.47. The van der Waals surface area contributed by atoms with Crippen LogP contribution >= 0.6 is 0 Å². The van der Waals surface area contributed by atoms with Crippen molar-refractivity contribution in [3.63, 3.8) is 0 Å². The Morgan fingerprint density at radius 1 is 1.20 bits per heavy atom. The average molecular weight is 275 g/mol. The van der Waals surface area contributed by atoms with Crippen LogP contribution in [0.2, 0.25) is 0 Å². The Bertz CT molecular complexity index is 569. The molecule has 2 saturated carbocycles. The van der Waals surface area contributed by atoms with Gasteiger partial charge in [0.05, 0.1) is 11.3 Å². The maximum atomic E-state index is 12.2. The zero-order chi connectivity index (χ0) is 14.3. The third kappa shape index (κ3) is 2.24. The molecule has 5 heteroatoms. The van der Waals surface area contributed by atoms with Crippen molar-refractivity contribution in [3.8, 4) is 5.75 Å². The van der Waals surface area contributed by atoms with Gasteiger partial charge in [0, 0.05) is 5.92 Å². The molecule has 3 N–H and O–H groups in total. The molecule has 1 aromatic carbocycles. The number of carbonyl (C=O) groups excluding carboxylic acids is 1. The molecule has 0 heterocycles. The van der Waals surface area contributed by atoms with Crippen molar-refractivity contribution in [2.45, 2.75) is 25.7 Å². The van der Waals surface area contributed by atoms with E-state index in [-0.39, 0.29) is 28.8 Å². The van der Waals surface area contributed by atoms with Crippen LogP contribution in [0.3, 0.4) is 0 Å². The molecule has 3 atom stereocenters. The summed E-state index contributed by atoms with van der Waals surface area (Å²) in [5.41, 5.74) is 0.281. The van der Waals surface area contributed by atoms with E-state index in [4.69, 9.17) is 5.11 Å². The molecule has 2 aliphatic carbocycles. The summed E-state index contributed by atoms with van der Waals surface area (Å²) in [4.78, 5) is 23.0. The van der Waals surface area contributed by atoms with Crippen LogP contribution in [0.4, 0.5) is 5.69 Å². The van der Waals surface area contributed by atoms with Gasteiger partial charge in [0.15, 0.2) is 0 Å². The van der Waals surface area contributed by atoms with Gasteiger partial charge in [-0.15, -0.1) is 0 Å².